The second-order valence-electron chi connectivity index (χ2n) is 5.46. The molecule has 0 amide bonds. The zero-order valence-corrected chi connectivity index (χ0v) is 14.7. The summed E-state index contributed by atoms with van der Waals surface area (Å²) < 4.78 is 15.2. The van der Waals surface area contributed by atoms with Crippen molar-refractivity contribution >= 4 is 25.2 Å². The number of hydrogen-bond acceptors (Lipinski definition) is 5. The van der Waals surface area contributed by atoms with Crippen LogP contribution in [0.3, 0.4) is 0 Å². The predicted molar refractivity (Wildman–Crippen MR) is 94.0 cm³/mol. The van der Waals surface area contributed by atoms with Gasteiger partial charge in [-0.05, 0) is 41.9 Å². The number of aromatic carboxylic acids is 1. The number of rotatable bonds is 7. The lowest BCUT2D eigenvalue weighted by Crippen LogP contribution is -2.17. The largest absolute Gasteiger partial charge is 0.478 e. The minimum atomic E-state index is -4.17. The Morgan fingerprint density at radius 3 is 2.60 bits per heavy atom. The van der Waals surface area contributed by atoms with Crippen molar-refractivity contribution in [1.82, 2.24) is 0 Å². The SMILES string of the molecule is NCC(CP(=O)(O)OO)c1ccc(Cl)c(-c2cccc(C(=O)O)c2)c1. The van der Waals surface area contributed by atoms with Crippen molar-refractivity contribution in [2.75, 3.05) is 12.7 Å². The van der Waals surface area contributed by atoms with Gasteiger partial charge in [-0.3, -0.25) is 4.57 Å². The van der Waals surface area contributed by atoms with E-state index in [0.717, 1.165) is 0 Å². The quantitative estimate of drug-likeness (QED) is 0.326. The molecule has 0 heterocycles. The third-order valence-corrected chi connectivity index (χ3v) is 5.23. The Labute approximate surface area is 149 Å². The van der Waals surface area contributed by atoms with Gasteiger partial charge in [-0.2, -0.15) is 4.67 Å². The van der Waals surface area contributed by atoms with Crippen molar-refractivity contribution < 1.29 is 29.3 Å². The van der Waals surface area contributed by atoms with Gasteiger partial charge in [0.1, 0.15) is 0 Å². The van der Waals surface area contributed by atoms with Crippen LogP contribution in [0.1, 0.15) is 21.8 Å². The fourth-order valence-corrected chi connectivity index (χ4v) is 3.68. The standard InChI is InChI=1S/C16H17ClNO6P/c17-15-5-4-10(13(8-18)9-25(22,23)24-21)7-14(15)11-2-1-3-12(6-11)16(19)20/h1-7,13,21H,8-9,18H2,(H,19,20)(H,22,23). The minimum Gasteiger partial charge on any atom is -0.478 e. The Bertz CT molecular complexity index is 828. The van der Waals surface area contributed by atoms with Crippen LogP contribution in [0.15, 0.2) is 42.5 Å². The van der Waals surface area contributed by atoms with Crippen LogP contribution >= 0.6 is 19.2 Å². The van der Waals surface area contributed by atoms with Gasteiger partial charge >= 0.3 is 13.6 Å². The van der Waals surface area contributed by atoms with E-state index in [-0.39, 0.29) is 18.3 Å². The lowest BCUT2D eigenvalue weighted by molar-refractivity contribution is -0.145. The highest BCUT2D eigenvalue weighted by Crippen LogP contribution is 2.45. The van der Waals surface area contributed by atoms with Crippen LogP contribution < -0.4 is 5.73 Å². The second kappa shape index (κ2) is 8.10. The molecule has 0 fully saturated rings. The van der Waals surface area contributed by atoms with E-state index in [9.17, 15) is 14.3 Å². The third kappa shape index (κ3) is 4.89. The van der Waals surface area contributed by atoms with Crippen molar-refractivity contribution in [2.24, 2.45) is 5.73 Å². The fraction of sp³-hybridized carbons (Fsp3) is 0.188. The summed E-state index contributed by atoms with van der Waals surface area (Å²) in [5.74, 6) is -1.61. The summed E-state index contributed by atoms with van der Waals surface area (Å²) in [6.07, 6.45) is -0.365. The van der Waals surface area contributed by atoms with E-state index in [4.69, 9.17) is 27.7 Å². The van der Waals surface area contributed by atoms with Crippen LogP contribution in [0.25, 0.3) is 11.1 Å². The lowest BCUT2D eigenvalue weighted by atomic mass is 9.95. The van der Waals surface area contributed by atoms with Crippen LogP contribution in [0.2, 0.25) is 5.02 Å². The Kier molecular flexibility index (Phi) is 6.35. The summed E-state index contributed by atoms with van der Waals surface area (Å²) in [6.45, 7) is 0.0458. The van der Waals surface area contributed by atoms with E-state index in [1.807, 2.05) is 0 Å². The number of carboxylic acid groups (broad SMARTS) is 1. The van der Waals surface area contributed by atoms with Crippen molar-refractivity contribution in [3.8, 4) is 11.1 Å². The molecule has 2 aromatic carbocycles. The molecule has 0 aromatic heterocycles. The van der Waals surface area contributed by atoms with Crippen LogP contribution in [0, 0.1) is 0 Å². The molecule has 5 N–H and O–H groups in total. The average molecular weight is 386 g/mol. The molecule has 0 aliphatic heterocycles. The molecule has 2 rings (SSSR count). The van der Waals surface area contributed by atoms with E-state index >= 15 is 0 Å². The molecule has 0 aliphatic rings. The summed E-state index contributed by atoms with van der Waals surface area (Å²) in [5, 5.41) is 18.0. The van der Waals surface area contributed by atoms with E-state index in [2.05, 4.69) is 4.67 Å². The van der Waals surface area contributed by atoms with Crippen LogP contribution in [-0.2, 0) is 9.24 Å². The van der Waals surface area contributed by atoms with E-state index in [1.54, 1.807) is 30.3 Å². The number of benzene rings is 2. The Balaban J connectivity index is 2.45. The highest BCUT2D eigenvalue weighted by Gasteiger charge is 2.26. The van der Waals surface area contributed by atoms with Gasteiger partial charge in [-0.15, -0.1) is 0 Å². The number of carboxylic acids is 1. The molecule has 2 unspecified atom stereocenters. The summed E-state index contributed by atoms with van der Waals surface area (Å²) in [4.78, 5) is 20.6. The molecule has 2 atom stereocenters. The van der Waals surface area contributed by atoms with Crippen LogP contribution in [-0.4, -0.2) is 33.9 Å². The first-order valence-corrected chi connectivity index (χ1v) is 9.39. The molecular weight excluding hydrogens is 369 g/mol. The van der Waals surface area contributed by atoms with E-state index in [1.165, 1.54) is 12.1 Å². The fourth-order valence-electron chi connectivity index (χ4n) is 2.47. The molecular formula is C16H17ClNO6P. The number of nitrogens with two attached hydrogens (primary N) is 1. The topological polar surface area (TPSA) is 130 Å². The zero-order chi connectivity index (χ0) is 18.6. The monoisotopic (exact) mass is 385 g/mol. The lowest BCUT2D eigenvalue weighted by Gasteiger charge is -2.18. The molecule has 2 aromatic rings. The van der Waals surface area contributed by atoms with Gasteiger partial charge in [0.05, 0.1) is 11.7 Å². The number of hydrogen-bond donors (Lipinski definition) is 4. The minimum absolute atomic E-state index is 0.0458. The van der Waals surface area contributed by atoms with Crippen molar-refractivity contribution in [2.45, 2.75) is 5.92 Å². The molecule has 7 nitrogen and oxygen atoms in total. The average Bonchev–Trinajstić information content (AvgIpc) is 2.60. The van der Waals surface area contributed by atoms with Gasteiger partial charge in [0.15, 0.2) is 0 Å². The van der Waals surface area contributed by atoms with Crippen molar-refractivity contribution in [1.29, 1.82) is 0 Å². The number of halogens is 1. The van der Waals surface area contributed by atoms with Crippen LogP contribution in [0.5, 0.6) is 0 Å². The first-order valence-electron chi connectivity index (χ1n) is 7.25. The zero-order valence-electron chi connectivity index (χ0n) is 13.0. The summed E-state index contributed by atoms with van der Waals surface area (Å²) in [5.41, 5.74) is 7.57. The first kappa shape index (κ1) is 19.6. The molecule has 0 aliphatic carbocycles. The van der Waals surface area contributed by atoms with Gasteiger partial charge in [-0.1, -0.05) is 29.8 Å². The third-order valence-electron chi connectivity index (χ3n) is 3.75. The molecule has 0 saturated heterocycles. The Hall–Kier alpha value is -1.73. The molecule has 9 heteroatoms. The van der Waals surface area contributed by atoms with E-state index in [0.29, 0.717) is 21.7 Å². The predicted octanol–water partition coefficient (Wildman–Crippen LogP) is 3.42. The molecule has 0 spiro atoms. The first-order chi connectivity index (χ1) is 11.8. The van der Waals surface area contributed by atoms with Crippen LogP contribution in [0.4, 0.5) is 0 Å². The highest BCUT2D eigenvalue weighted by molar-refractivity contribution is 7.52. The summed E-state index contributed by atoms with van der Waals surface area (Å²) in [6, 6.07) is 11.2. The summed E-state index contributed by atoms with van der Waals surface area (Å²) in [7, 11) is -4.17. The molecule has 134 valence electrons. The van der Waals surface area contributed by atoms with Gasteiger partial charge in [0.25, 0.3) is 0 Å². The maximum absolute atomic E-state index is 11.6. The van der Waals surface area contributed by atoms with Gasteiger partial charge in [-0.25, -0.2) is 10.1 Å². The molecule has 0 saturated carbocycles. The number of carbonyl (C=O) groups is 1. The maximum Gasteiger partial charge on any atom is 0.355 e. The Morgan fingerprint density at radius 1 is 1.28 bits per heavy atom. The van der Waals surface area contributed by atoms with Crippen molar-refractivity contribution in [3.63, 3.8) is 0 Å². The van der Waals surface area contributed by atoms with Gasteiger partial charge in [0.2, 0.25) is 0 Å². The molecule has 0 radical (unpaired) electrons. The van der Waals surface area contributed by atoms with E-state index < -0.39 is 19.5 Å². The molecule has 0 bridgehead atoms. The Morgan fingerprint density at radius 2 is 2.00 bits per heavy atom. The van der Waals surface area contributed by atoms with Crippen molar-refractivity contribution in [3.05, 3.63) is 58.6 Å². The van der Waals surface area contributed by atoms with Gasteiger partial charge in [0, 0.05) is 16.5 Å². The smallest absolute Gasteiger partial charge is 0.355 e. The highest BCUT2D eigenvalue weighted by atomic mass is 35.5. The second-order valence-corrected chi connectivity index (χ2v) is 7.67. The maximum atomic E-state index is 11.6. The van der Waals surface area contributed by atoms with Gasteiger partial charge < -0.3 is 15.7 Å². The molecule has 25 heavy (non-hydrogen) atoms. The summed E-state index contributed by atoms with van der Waals surface area (Å²) >= 11 is 6.22. The normalized spacial score (nSPS) is 14.7.